The van der Waals surface area contributed by atoms with Gasteiger partial charge in [0.25, 0.3) is 0 Å². The van der Waals surface area contributed by atoms with Crippen molar-refractivity contribution in [2.24, 2.45) is 0 Å². The molecule has 0 unspecified atom stereocenters. The molecule has 6 aromatic carbocycles. The smallest absolute Gasteiger partial charge is 0.244 e. The molecule has 0 aliphatic rings. The van der Waals surface area contributed by atoms with Crippen molar-refractivity contribution in [2.45, 2.75) is 13.1 Å². The maximum absolute atomic E-state index is 15.2. The molecular formula is C41H35BrN2O2P2. The van der Waals surface area contributed by atoms with Gasteiger partial charge in [-0.1, -0.05) is 170 Å². The SMILES string of the molecule is O=P(c1ccccc1)(c1ccccc1)c1ccccc1Cn1cc[n+](Cc2ccccc2P(=O)(c2ccccc2)c2ccccc2)c1.[Br-]. The summed E-state index contributed by atoms with van der Waals surface area (Å²) in [4.78, 5) is 0. The Hall–Kier alpha value is -4.53. The number of hydrogen-bond donors (Lipinski definition) is 0. The lowest BCUT2D eigenvalue weighted by Crippen LogP contribution is -3.00. The average Bonchev–Trinajstić information content (AvgIpc) is 3.59. The first kappa shape index (κ1) is 33.4. The van der Waals surface area contributed by atoms with E-state index in [1.165, 1.54) is 0 Å². The zero-order chi connectivity index (χ0) is 32.1. The van der Waals surface area contributed by atoms with Gasteiger partial charge in [-0.3, -0.25) is 0 Å². The van der Waals surface area contributed by atoms with Crippen LogP contribution < -0.4 is 53.4 Å². The Morgan fingerprint density at radius 3 is 1.25 bits per heavy atom. The summed E-state index contributed by atoms with van der Waals surface area (Å²) in [5.41, 5.74) is 2.01. The van der Waals surface area contributed by atoms with Gasteiger partial charge in [0.2, 0.25) is 6.33 Å². The molecule has 0 aliphatic heterocycles. The Morgan fingerprint density at radius 1 is 0.458 bits per heavy atom. The molecule has 48 heavy (non-hydrogen) atoms. The van der Waals surface area contributed by atoms with Gasteiger partial charge in [0.05, 0.1) is 0 Å². The Balaban J connectivity index is 0.00000401. The van der Waals surface area contributed by atoms with E-state index >= 15 is 9.13 Å². The molecule has 7 rings (SSSR count). The summed E-state index contributed by atoms with van der Waals surface area (Å²) in [5, 5.41) is 4.96. The summed E-state index contributed by atoms with van der Waals surface area (Å²) in [5.74, 6) is 0. The molecule has 0 atom stereocenters. The first-order valence-corrected chi connectivity index (χ1v) is 19.1. The van der Waals surface area contributed by atoms with E-state index < -0.39 is 14.3 Å². The summed E-state index contributed by atoms with van der Waals surface area (Å²) >= 11 is 0. The van der Waals surface area contributed by atoms with Crippen molar-refractivity contribution in [2.75, 3.05) is 0 Å². The van der Waals surface area contributed by atoms with Gasteiger partial charge in [-0.05, 0) is 0 Å². The second-order valence-electron chi connectivity index (χ2n) is 11.6. The van der Waals surface area contributed by atoms with Crippen LogP contribution >= 0.6 is 14.3 Å². The van der Waals surface area contributed by atoms with E-state index in [4.69, 9.17) is 0 Å². The quantitative estimate of drug-likeness (QED) is 0.161. The lowest BCUT2D eigenvalue weighted by Gasteiger charge is -2.22. The largest absolute Gasteiger partial charge is 1.00 e. The van der Waals surface area contributed by atoms with Gasteiger partial charge in [0, 0.05) is 43.0 Å². The summed E-state index contributed by atoms with van der Waals surface area (Å²) in [6.45, 7) is 1.11. The molecule has 0 saturated carbocycles. The van der Waals surface area contributed by atoms with Crippen molar-refractivity contribution in [1.82, 2.24) is 4.57 Å². The summed E-state index contributed by atoms with van der Waals surface area (Å²) in [6, 6.07) is 55.3. The Labute approximate surface area is 292 Å². The topological polar surface area (TPSA) is 43.0 Å². The molecule has 1 aromatic heterocycles. The molecule has 238 valence electrons. The highest BCUT2D eigenvalue weighted by atomic mass is 79.9. The van der Waals surface area contributed by atoms with Crippen LogP contribution in [-0.4, -0.2) is 4.57 Å². The van der Waals surface area contributed by atoms with Crippen LogP contribution in [0.3, 0.4) is 0 Å². The average molecular weight is 730 g/mol. The maximum Gasteiger partial charge on any atom is 0.244 e. The van der Waals surface area contributed by atoms with E-state index in [1.807, 2.05) is 170 Å². The number of nitrogens with zero attached hydrogens (tertiary/aromatic N) is 2. The number of imidazole rings is 1. The van der Waals surface area contributed by atoms with Crippen LogP contribution in [0.5, 0.6) is 0 Å². The third kappa shape index (κ3) is 6.47. The number of aromatic nitrogens is 2. The summed E-state index contributed by atoms with van der Waals surface area (Å²) < 4.78 is 34.6. The molecule has 0 amide bonds. The van der Waals surface area contributed by atoms with Crippen LogP contribution in [0.25, 0.3) is 0 Å². The minimum Gasteiger partial charge on any atom is -1.00 e. The standard InChI is InChI=1S/C41H35N2O2P2.BrH/c44-46(36-19-5-1-6-20-36,37-21-7-2-8-22-37)40-27-15-13-17-34(40)31-42-29-30-43(33-42)32-35-18-14-16-28-41(35)47(45,38-23-9-3-10-24-38)39-25-11-4-12-26-39;/h1-30,33H,31-32H2;1H/q+1;/p-1. The molecule has 7 aromatic rings. The third-order valence-electron chi connectivity index (χ3n) is 8.59. The van der Waals surface area contributed by atoms with E-state index in [9.17, 15) is 0 Å². The second-order valence-corrected chi connectivity index (χ2v) is 17.0. The lowest BCUT2D eigenvalue weighted by atomic mass is 10.2. The van der Waals surface area contributed by atoms with Crippen LogP contribution in [0.2, 0.25) is 0 Å². The third-order valence-corrected chi connectivity index (χ3v) is 14.9. The Morgan fingerprint density at radius 2 is 0.812 bits per heavy atom. The van der Waals surface area contributed by atoms with Gasteiger partial charge in [0.1, 0.15) is 25.5 Å². The van der Waals surface area contributed by atoms with Gasteiger partial charge in [-0.2, -0.15) is 0 Å². The zero-order valence-electron chi connectivity index (χ0n) is 26.3. The van der Waals surface area contributed by atoms with Crippen LogP contribution in [0.15, 0.2) is 189 Å². The zero-order valence-corrected chi connectivity index (χ0v) is 29.7. The lowest BCUT2D eigenvalue weighted by molar-refractivity contribution is -0.687. The molecule has 0 radical (unpaired) electrons. The minimum absolute atomic E-state index is 0. The fourth-order valence-corrected chi connectivity index (χ4v) is 12.1. The fraction of sp³-hybridized carbons (Fsp3) is 0.0488. The fourth-order valence-electron chi connectivity index (χ4n) is 6.33. The maximum atomic E-state index is 15.2. The van der Waals surface area contributed by atoms with Crippen LogP contribution in [0.4, 0.5) is 0 Å². The van der Waals surface area contributed by atoms with Crippen LogP contribution in [0.1, 0.15) is 11.1 Å². The molecule has 0 fully saturated rings. The molecular weight excluding hydrogens is 694 g/mol. The van der Waals surface area contributed by atoms with E-state index in [1.54, 1.807) is 0 Å². The number of rotatable bonds is 10. The van der Waals surface area contributed by atoms with Gasteiger partial charge < -0.3 is 26.1 Å². The van der Waals surface area contributed by atoms with E-state index in [0.717, 1.165) is 43.0 Å². The first-order valence-electron chi connectivity index (χ1n) is 15.7. The summed E-state index contributed by atoms with van der Waals surface area (Å²) in [7, 11) is -6.27. The van der Waals surface area contributed by atoms with Crippen molar-refractivity contribution in [1.29, 1.82) is 0 Å². The van der Waals surface area contributed by atoms with Crippen molar-refractivity contribution in [3.05, 3.63) is 200 Å². The van der Waals surface area contributed by atoms with Crippen molar-refractivity contribution in [3.8, 4) is 0 Å². The number of halogens is 1. The van der Waals surface area contributed by atoms with Crippen molar-refractivity contribution in [3.63, 3.8) is 0 Å². The number of benzene rings is 6. The number of hydrogen-bond acceptors (Lipinski definition) is 2. The van der Waals surface area contributed by atoms with Gasteiger partial charge >= 0.3 is 0 Å². The normalized spacial score (nSPS) is 11.5. The predicted octanol–water partition coefficient (Wildman–Crippen LogP) is 3.16. The summed E-state index contributed by atoms with van der Waals surface area (Å²) in [6.07, 6.45) is 6.16. The van der Waals surface area contributed by atoms with E-state index in [-0.39, 0.29) is 17.0 Å². The van der Waals surface area contributed by atoms with E-state index in [2.05, 4.69) is 27.6 Å². The predicted molar refractivity (Wildman–Crippen MR) is 194 cm³/mol. The molecule has 7 heteroatoms. The highest BCUT2D eigenvalue weighted by Crippen LogP contribution is 2.44. The molecule has 0 aliphatic carbocycles. The van der Waals surface area contributed by atoms with Crippen LogP contribution in [0, 0.1) is 0 Å². The van der Waals surface area contributed by atoms with E-state index in [0.29, 0.717) is 13.1 Å². The molecule has 0 spiro atoms. The van der Waals surface area contributed by atoms with Crippen LogP contribution in [-0.2, 0) is 22.2 Å². The molecule has 0 bridgehead atoms. The van der Waals surface area contributed by atoms with Gasteiger partial charge in [0.15, 0.2) is 14.3 Å². The minimum atomic E-state index is -3.13. The Kier molecular flexibility index (Phi) is 10.2. The van der Waals surface area contributed by atoms with Gasteiger partial charge in [-0.15, -0.1) is 0 Å². The second kappa shape index (κ2) is 14.7. The highest BCUT2D eigenvalue weighted by Gasteiger charge is 2.33. The Bertz CT molecular complexity index is 1960. The monoisotopic (exact) mass is 728 g/mol. The first-order chi connectivity index (χ1) is 23.1. The molecule has 1 heterocycles. The highest BCUT2D eigenvalue weighted by molar-refractivity contribution is 7.85. The molecule has 0 saturated heterocycles. The molecule has 0 N–H and O–H groups in total. The molecule has 4 nitrogen and oxygen atoms in total. The van der Waals surface area contributed by atoms with Gasteiger partial charge in [-0.25, -0.2) is 9.13 Å². The van der Waals surface area contributed by atoms with Crippen molar-refractivity contribution < 1.29 is 30.7 Å². The van der Waals surface area contributed by atoms with Crippen molar-refractivity contribution >= 4 is 46.1 Å².